The topological polar surface area (TPSA) is 24.9 Å². The summed E-state index contributed by atoms with van der Waals surface area (Å²) in [5, 5.41) is 0. The Hall–Kier alpha value is -1.31. The van der Waals surface area contributed by atoms with Gasteiger partial charge in [-0.15, -0.1) is 0 Å². The molecule has 1 aromatic carbocycles. The van der Waals surface area contributed by atoms with Crippen LogP contribution in [-0.4, -0.2) is 68.5 Å². The van der Waals surface area contributed by atoms with E-state index >= 15 is 0 Å². The molecule has 1 aromatic rings. The summed E-state index contributed by atoms with van der Waals surface area (Å²) in [6, 6.07) is 6.95. The van der Waals surface area contributed by atoms with Crippen molar-refractivity contribution >= 4 is 0 Å². The second kappa shape index (κ2) is 8.38. The predicted octanol–water partition coefficient (Wildman–Crippen LogP) is 2.78. The van der Waals surface area contributed by atoms with Crippen molar-refractivity contribution in [3.63, 3.8) is 0 Å². The average molecular weight is 358 g/mol. The number of hydrogen-bond acceptors (Lipinski definition) is 4. The zero-order chi connectivity index (χ0) is 17.7. The number of alkyl halides is 3. The Labute approximate surface area is 146 Å². The van der Waals surface area contributed by atoms with Crippen LogP contribution < -0.4 is 4.74 Å². The normalized spacial score (nSPS) is 23.1. The van der Waals surface area contributed by atoms with Gasteiger partial charge in [0.25, 0.3) is 0 Å². The second-order valence-electron chi connectivity index (χ2n) is 6.86. The summed E-state index contributed by atoms with van der Waals surface area (Å²) in [6.07, 6.45) is -3.15. The van der Waals surface area contributed by atoms with E-state index < -0.39 is 12.8 Å². The molecular weight excluding hydrogens is 333 g/mol. The van der Waals surface area contributed by atoms with Gasteiger partial charge in [-0.05, 0) is 30.0 Å². The van der Waals surface area contributed by atoms with Gasteiger partial charge in [0.1, 0.15) is 5.75 Å². The van der Waals surface area contributed by atoms with Crippen molar-refractivity contribution in [2.24, 2.45) is 5.92 Å². The Morgan fingerprint density at radius 3 is 2.56 bits per heavy atom. The lowest BCUT2D eigenvalue weighted by atomic mass is 10.1. The Morgan fingerprint density at radius 1 is 1.12 bits per heavy atom. The average Bonchev–Trinajstić information content (AvgIpc) is 3.08. The molecule has 2 aliphatic heterocycles. The number of rotatable bonds is 6. The van der Waals surface area contributed by atoms with Crippen molar-refractivity contribution in [2.45, 2.75) is 19.1 Å². The molecule has 1 atom stereocenters. The van der Waals surface area contributed by atoms with Crippen LogP contribution in [-0.2, 0) is 11.3 Å². The van der Waals surface area contributed by atoms with Crippen LogP contribution in [0.5, 0.6) is 5.75 Å². The molecule has 2 heterocycles. The fourth-order valence-corrected chi connectivity index (χ4v) is 3.38. The third kappa shape index (κ3) is 6.17. The number of ether oxygens (including phenoxy) is 2. The van der Waals surface area contributed by atoms with E-state index in [9.17, 15) is 13.2 Å². The zero-order valence-electron chi connectivity index (χ0n) is 14.3. The van der Waals surface area contributed by atoms with E-state index in [0.717, 1.165) is 64.5 Å². The van der Waals surface area contributed by atoms with Crippen molar-refractivity contribution in [1.29, 1.82) is 0 Å². The van der Waals surface area contributed by atoms with Gasteiger partial charge >= 0.3 is 6.18 Å². The Balaban J connectivity index is 1.43. The highest BCUT2D eigenvalue weighted by molar-refractivity contribution is 5.28. The van der Waals surface area contributed by atoms with E-state index in [4.69, 9.17) is 9.47 Å². The van der Waals surface area contributed by atoms with Gasteiger partial charge in [0.2, 0.25) is 0 Å². The standard InChI is InChI=1S/C18H25F3N2O2/c19-18(20,21)14-25-17-3-1-2-15(10-17)11-22-5-7-23(8-6-22)12-16-4-9-24-13-16/h1-3,10,16H,4-9,11-14H2/t16-/m1/s1. The first-order valence-electron chi connectivity index (χ1n) is 8.79. The molecule has 2 aliphatic rings. The minimum Gasteiger partial charge on any atom is -0.484 e. The van der Waals surface area contributed by atoms with E-state index in [1.807, 2.05) is 6.07 Å². The fourth-order valence-electron chi connectivity index (χ4n) is 3.38. The zero-order valence-corrected chi connectivity index (χ0v) is 14.3. The molecule has 0 radical (unpaired) electrons. The molecule has 0 aliphatic carbocycles. The largest absolute Gasteiger partial charge is 0.484 e. The van der Waals surface area contributed by atoms with Crippen LogP contribution in [0.25, 0.3) is 0 Å². The van der Waals surface area contributed by atoms with Gasteiger partial charge in [0.05, 0.1) is 6.61 Å². The van der Waals surface area contributed by atoms with Gasteiger partial charge in [0.15, 0.2) is 6.61 Å². The maximum absolute atomic E-state index is 12.3. The van der Waals surface area contributed by atoms with E-state index in [2.05, 4.69) is 9.80 Å². The first kappa shape index (κ1) is 18.5. The maximum Gasteiger partial charge on any atom is 0.422 e. The van der Waals surface area contributed by atoms with Gasteiger partial charge < -0.3 is 14.4 Å². The van der Waals surface area contributed by atoms with Crippen LogP contribution in [0.4, 0.5) is 13.2 Å². The van der Waals surface area contributed by atoms with E-state index in [0.29, 0.717) is 5.92 Å². The number of benzene rings is 1. The molecule has 0 unspecified atom stereocenters. The molecule has 25 heavy (non-hydrogen) atoms. The second-order valence-corrected chi connectivity index (χ2v) is 6.86. The molecule has 0 N–H and O–H groups in total. The molecule has 0 bridgehead atoms. The summed E-state index contributed by atoms with van der Waals surface area (Å²) in [6.45, 7) is 6.37. The molecule has 0 amide bonds. The third-order valence-electron chi connectivity index (χ3n) is 4.71. The molecule has 0 spiro atoms. The van der Waals surface area contributed by atoms with Crippen molar-refractivity contribution in [3.8, 4) is 5.75 Å². The summed E-state index contributed by atoms with van der Waals surface area (Å²) < 4.78 is 47.0. The highest BCUT2D eigenvalue weighted by Crippen LogP contribution is 2.21. The van der Waals surface area contributed by atoms with E-state index in [1.54, 1.807) is 18.2 Å². The quantitative estimate of drug-likeness (QED) is 0.781. The summed E-state index contributed by atoms with van der Waals surface area (Å²) in [7, 11) is 0. The summed E-state index contributed by atoms with van der Waals surface area (Å²) in [4.78, 5) is 4.82. The SMILES string of the molecule is FC(F)(F)COc1cccc(CN2CCN(C[C@H]3CCOC3)CC2)c1. The maximum atomic E-state index is 12.3. The van der Waals surface area contributed by atoms with Crippen molar-refractivity contribution in [3.05, 3.63) is 29.8 Å². The molecule has 2 saturated heterocycles. The van der Waals surface area contributed by atoms with Crippen molar-refractivity contribution in [2.75, 3.05) is 52.5 Å². The molecule has 2 fully saturated rings. The van der Waals surface area contributed by atoms with Gasteiger partial charge in [0, 0.05) is 45.9 Å². The molecule has 0 saturated carbocycles. The number of nitrogens with zero attached hydrogens (tertiary/aromatic N) is 2. The van der Waals surface area contributed by atoms with Crippen LogP contribution in [0.2, 0.25) is 0 Å². The number of halogens is 3. The van der Waals surface area contributed by atoms with E-state index in [-0.39, 0.29) is 5.75 Å². The lowest BCUT2D eigenvalue weighted by Crippen LogP contribution is -2.47. The van der Waals surface area contributed by atoms with Crippen LogP contribution in [0, 0.1) is 5.92 Å². The van der Waals surface area contributed by atoms with Gasteiger partial charge in [-0.1, -0.05) is 12.1 Å². The first-order chi connectivity index (χ1) is 12.0. The smallest absolute Gasteiger partial charge is 0.422 e. The minimum absolute atomic E-state index is 0.273. The van der Waals surface area contributed by atoms with E-state index in [1.165, 1.54) is 0 Å². The molecule has 3 rings (SSSR count). The third-order valence-corrected chi connectivity index (χ3v) is 4.71. The Bertz CT molecular complexity index is 539. The summed E-state index contributed by atoms with van der Waals surface area (Å²) in [5.74, 6) is 0.934. The fraction of sp³-hybridized carbons (Fsp3) is 0.667. The predicted molar refractivity (Wildman–Crippen MR) is 88.6 cm³/mol. The highest BCUT2D eigenvalue weighted by atomic mass is 19.4. The lowest BCUT2D eigenvalue weighted by Gasteiger charge is -2.35. The van der Waals surface area contributed by atoms with Gasteiger partial charge in [-0.2, -0.15) is 13.2 Å². The van der Waals surface area contributed by atoms with Crippen molar-refractivity contribution in [1.82, 2.24) is 9.80 Å². The molecular formula is C18H25F3N2O2. The highest BCUT2D eigenvalue weighted by Gasteiger charge is 2.28. The summed E-state index contributed by atoms with van der Waals surface area (Å²) >= 11 is 0. The molecule has 4 nitrogen and oxygen atoms in total. The Kier molecular flexibility index (Phi) is 6.19. The molecule has 140 valence electrons. The van der Waals surface area contributed by atoms with Crippen LogP contribution >= 0.6 is 0 Å². The van der Waals surface area contributed by atoms with Gasteiger partial charge in [-0.3, -0.25) is 4.90 Å². The number of hydrogen-bond donors (Lipinski definition) is 0. The number of piperazine rings is 1. The van der Waals surface area contributed by atoms with Crippen molar-refractivity contribution < 1.29 is 22.6 Å². The van der Waals surface area contributed by atoms with Crippen LogP contribution in [0.1, 0.15) is 12.0 Å². The molecule has 0 aromatic heterocycles. The first-order valence-corrected chi connectivity index (χ1v) is 8.79. The Morgan fingerprint density at radius 2 is 1.88 bits per heavy atom. The monoisotopic (exact) mass is 358 g/mol. The minimum atomic E-state index is -4.31. The van der Waals surface area contributed by atoms with Crippen LogP contribution in [0.3, 0.4) is 0 Å². The van der Waals surface area contributed by atoms with Crippen LogP contribution in [0.15, 0.2) is 24.3 Å². The molecule has 7 heteroatoms. The lowest BCUT2D eigenvalue weighted by molar-refractivity contribution is -0.153. The summed E-state index contributed by atoms with van der Waals surface area (Å²) in [5.41, 5.74) is 0.984. The van der Waals surface area contributed by atoms with Gasteiger partial charge in [-0.25, -0.2) is 0 Å².